The van der Waals surface area contributed by atoms with Gasteiger partial charge in [0.05, 0.1) is 17.5 Å². The summed E-state index contributed by atoms with van der Waals surface area (Å²) in [6.07, 6.45) is 4.98. The van der Waals surface area contributed by atoms with E-state index in [2.05, 4.69) is 21.6 Å². The van der Waals surface area contributed by atoms with Crippen molar-refractivity contribution in [2.75, 3.05) is 5.75 Å². The number of benzene rings is 1. The van der Waals surface area contributed by atoms with Crippen LogP contribution in [-0.4, -0.2) is 32.0 Å². The van der Waals surface area contributed by atoms with Crippen LogP contribution in [0.25, 0.3) is 5.69 Å². The zero-order valence-corrected chi connectivity index (χ0v) is 14.5. The zero-order chi connectivity index (χ0) is 17.0. The van der Waals surface area contributed by atoms with Gasteiger partial charge in [0.1, 0.15) is 11.9 Å². The molecular weight excluding hydrogens is 346 g/mol. The first-order chi connectivity index (χ1) is 11.6. The van der Waals surface area contributed by atoms with Gasteiger partial charge in [-0.15, -0.1) is 10.2 Å². The summed E-state index contributed by atoms with van der Waals surface area (Å²) in [5, 5.41) is 21.4. The molecular formula is C16H16ClN5OS. The predicted molar refractivity (Wildman–Crippen MR) is 92.0 cm³/mol. The molecule has 0 saturated heterocycles. The molecule has 2 aromatic rings. The molecule has 1 N–H and O–H groups in total. The molecule has 0 bridgehead atoms. The van der Waals surface area contributed by atoms with Crippen molar-refractivity contribution in [3.05, 3.63) is 35.6 Å². The maximum absolute atomic E-state index is 12.2. The van der Waals surface area contributed by atoms with Crippen LogP contribution in [0.4, 0.5) is 0 Å². The van der Waals surface area contributed by atoms with Gasteiger partial charge in [0.15, 0.2) is 5.16 Å². The Bertz CT molecular complexity index is 779. The summed E-state index contributed by atoms with van der Waals surface area (Å²) < 4.78 is 1.78. The van der Waals surface area contributed by atoms with Crippen LogP contribution in [0.1, 0.15) is 25.7 Å². The molecule has 24 heavy (non-hydrogen) atoms. The third-order valence-electron chi connectivity index (χ3n) is 3.99. The van der Waals surface area contributed by atoms with Gasteiger partial charge >= 0.3 is 0 Å². The van der Waals surface area contributed by atoms with Crippen molar-refractivity contribution >= 4 is 29.3 Å². The number of aromatic nitrogens is 3. The first-order valence-corrected chi connectivity index (χ1v) is 8.99. The monoisotopic (exact) mass is 361 g/mol. The standard InChI is InChI=1S/C16H16ClN5OS/c17-12-4-3-5-13(8-12)22-11-19-21-15(22)24-9-14(23)20-16(10-18)6-1-2-7-16/h3-5,8,11H,1-2,6-7,9H2,(H,20,23). The second-order valence-corrected chi connectivity index (χ2v) is 7.08. The molecule has 0 aliphatic heterocycles. The van der Waals surface area contributed by atoms with E-state index in [9.17, 15) is 10.1 Å². The minimum Gasteiger partial charge on any atom is -0.337 e. The van der Waals surface area contributed by atoms with Gasteiger partial charge in [0.2, 0.25) is 5.91 Å². The van der Waals surface area contributed by atoms with Crippen LogP contribution in [0.2, 0.25) is 5.02 Å². The lowest BCUT2D eigenvalue weighted by molar-refractivity contribution is -0.119. The summed E-state index contributed by atoms with van der Waals surface area (Å²) in [6.45, 7) is 0. The summed E-state index contributed by atoms with van der Waals surface area (Å²) in [7, 11) is 0. The van der Waals surface area contributed by atoms with Crippen molar-refractivity contribution in [2.24, 2.45) is 0 Å². The Hall–Kier alpha value is -2.04. The Morgan fingerprint density at radius 3 is 2.96 bits per heavy atom. The lowest BCUT2D eigenvalue weighted by Gasteiger charge is -2.21. The molecule has 6 nitrogen and oxygen atoms in total. The minimum absolute atomic E-state index is 0.163. The van der Waals surface area contributed by atoms with Gasteiger partial charge in [-0.1, -0.05) is 29.4 Å². The zero-order valence-electron chi connectivity index (χ0n) is 12.9. The molecule has 1 fully saturated rings. The highest BCUT2D eigenvalue weighted by molar-refractivity contribution is 7.99. The first kappa shape index (κ1) is 16.8. The molecule has 1 aromatic heterocycles. The Morgan fingerprint density at radius 1 is 1.46 bits per heavy atom. The fourth-order valence-electron chi connectivity index (χ4n) is 2.80. The number of rotatable bonds is 5. The van der Waals surface area contributed by atoms with Crippen LogP contribution in [0.5, 0.6) is 0 Å². The van der Waals surface area contributed by atoms with Crippen molar-refractivity contribution < 1.29 is 4.79 Å². The van der Waals surface area contributed by atoms with Crippen LogP contribution in [0.3, 0.4) is 0 Å². The highest BCUT2D eigenvalue weighted by Gasteiger charge is 2.35. The second-order valence-electron chi connectivity index (χ2n) is 5.70. The highest BCUT2D eigenvalue weighted by Crippen LogP contribution is 2.29. The molecule has 1 aliphatic carbocycles. The van der Waals surface area contributed by atoms with E-state index in [1.165, 1.54) is 11.8 Å². The molecule has 1 heterocycles. The molecule has 3 rings (SSSR count). The first-order valence-electron chi connectivity index (χ1n) is 7.63. The summed E-state index contributed by atoms with van der Waals surface area (Å²) >= 11 is 7.29. The third kappa shape index (κ3) is 3.71. The fourth-order valence-corrected chi connectivity index (χ4v) is 3.72. The van der Waals surface area contributed by atoms with Crippen molar-refractivity contribution in [1.29, 1.82) is 5.26 Å². The van der Waals surface area contributed by atoms with Crippen molar-refractivity contribution in [3.63, 3.8) is 0 Å². The number of hydrogen-bond acceptors (Lipinski definition) is 5. The van der Waals surface area contributed by atoms with E-state index in [4.69, 9.17) is 11.6 Å². The number of amides is 1. The average molecular weight is 362 g/mol. The molecule has 1 amide bonds. The minimum atomic E-state index is -0.696. The smallest absolute Gasteiger partial charge is 0.231 e. The summed E-state index contributed by atoms with van der Waals surface area (Å²) in [5.41, 5.74) is 0.137. The van der Waals surface area contributed by atoms with Crippen LogP contribution in [-0.2, 0) is 4.79 Å². The molecule has 0 radical (unpaired) electrons. The van der Waals surface area contributed by atoms with E-state index in [0.29, 0.717) is 10.2 Å². The van der Waals surface area contributed by atoms with Crippen molar-refractivity contribution in [2.45, 2.75) is 36.4 Å². The number of halogens is 1. The second kappa shape index (κ2) is 7.24. The molecule has 1 aromatic carbocycles. The Balaban J connectivity index is 1.65. The van der Waals surface area contributed by atoms with Crippen LogP contribution in [0.15, 0.2) is 35.7 Å². The lowest BCUT2D eigenvalue weighted by atomic mass is 10.0. The maximum Gasteiger partial charge on any atom is 0.231 e. The maximum atomic E-state index is 12.2. The van der Waals surface area contributed by atoms with Gasteiger partial charge in [0.25, 0.3) is 0 Å². The number of thioether (sulfide) groups is 1. The molecule has 8 heteroatoms. The van der Waals surface area contributed by atoms with E-state index < -0.39 is 5.54 Å². The van der Waals surface area contributed by atoms with Gasteiger partial charge < -0.3 is 5.32 Å². The molecule has 0 atom stereocenters. The molecule has 1 aliphatic rings. The van der Waals surface area contributed by atoms with Gasteiger partial charge in [-0.3, -0.25) is 9.36 Å². The van der Waals surface area contributed by atoms with Gasteiger partial charge in [-0.2, -0.15) is 5.26 Å². The largest absolute Gasteiger partial charge is 0.337 e. The molecule has 1 saturated carbocycles. The number of nitriles is 1. The fraction of sp³-hybridized carbons (Fsp3) is 0.375. The Kier molecular flexibility index (Phi) is 5.07. The van der Waals surface area contributed by atoms with Gasteiger partial charge in [-0.25, -0.2) is 0 Å². The van der Waals surface area contributed by atoms with Crippen molar-refractivity contribution in [1.82, 2.24) is 20.1 Å². The van der Waals surface area contributed by atoms with Crippen LogP contribution >= 0.6 is 23.4 Å². The van der Waals surface area contributed by atoms with E-state index >= 15 is 0 Å². The van der Waals surface area contributed by atoms with E-state index in [-0.39, 0.29) is 11.7 Å². The summed E-state index contributed by atoms with van der Waals surface area (Å²) in [5.74, 6) is 0.0203. The quantitative estimate of drug-likeness (QED) is 0.828. The average Bonchev–Trinajstić information content (AvgIpc) is 3.22. The number of nitrogens with one attached hydrogen (secondary N) is 1. The normalized spacial score (nSPS) is 15.8. The third-order valence-corrected chi connectivity index (χ3v) is 5.16. The van der Waals surface area contributed by atoms with Gasteiger partial charge in [0, 0.05) is 5.02 Å². The van der Waals surface area contributed by atoms with E-state index in [0.717, 1.165) is 31.4 Å². The number of carbonyl (C=O) groups is 1. The van der Waals surface area contributed by atoms with Crippen LogP contribution < -0.4 is 5.32 Å². The molecule has 124 valence electrons. The van der Waals surface area contributed by atoms with Gasteiger partial charge in [-0.05, 0) is 43.9 Å². The summed E-state index contributed by atoms with van der Waals surface area (Å²) in [6, 6.07) is 9.58. The highest BCUT2D eigenvalue weighted by atomic mass is 35.5. The van der Waals surface area contributed by atoms with Crippen molar-refractivity contribution in [3.8, 4) is 11.8 Å². The molecule has 0 spiro atoms. The topological polar surface area (TPSA) is 83.6 Å². The number of carbonyl (C=O) groups excluding carboxylic acids is 1. The molecule has 0 unspecified atom stereocenters. The SMILES string of the molecule is N#CC1(NC(=O)CSc2nncn2-c2cccc(Cl)c2)CCCC1. The van der Waals surface area contributed by atoms with E-state index in [1.54, 1.807) is 23.0 Å². The Morgan fingerprint density at radius 2 is 2.25 bits per heavy atom. The number of nitrogens with zero attached hydrogens (tertiary/aromatic N) is 4. The number of hydrogen-bond donors (Lipinski definition) is 1. The predicted octanol–water partition coefficient (Wildman–Crippen LogP) is 2.97. The van der Waals surface area contributed by atoms with Crippen LogP contribution in [0, 0.1) is 11.3 Å². The Labute approximate surface area is 149 Å². The van der Waals surface area contributed by atoms with E-state index in [1.807, 2.05) is 12.1 Å². The lowest BCUT2D eigenvalue weighted by Crippen LogP contribution is -2.45. The summed E-state index contributed by atoms with van der Waals surface area (Å²) in [4.78, 5) is 12.2.